The van der Waals surface area contributed by atoms with Crippen LogP contribution in [0.1, 0.15) is 99.3 Å². The van der Waals surface area contributed by atoms with Gasteiger partial charge in [-0.3, -0.25) is 4.79 Å². The Morgan fingerprint density at radius 3 is 2.34 bits per heavy atom. The van der Waals surface area contributed by atoms with Crippen LogP contribution in [0.3, 0.4) is 0 Å². The molecule has 0 fully saturated rings. The number of carboxylic acids is 1. The molecule has 1 aromatic carbocycles. The van der Waals surface area contributed by atoms with Crippen molar-refractivity contribution in [3.05, 3.63) is 47.3 Å². The zero-order chi connectivity index (χ0) is 23.2. The molecule has 2 rings (SSSR count). The second kappa shape index (κ2) is 14.4. The molecular weight excluding hydrogens is 404 g/mol. The van der Waals surface area contributed by atoms with Crippen molar-refractivity contribution in [3.63, 3.8) is 0 Å². The van der Waals surface area contributed by atoms with E-state index in [-0.39, 0.29) is 11.5 Å². The van der Waals surface area contributed by atoms with Crippen molar-refractivity contribution in [3.8, 4) is 5.69 Å². The summed E-state index contributed by atoms with van der Waals surface area (Å²) in [6.45, 7) is 2.21. The molecule has 0 saturated heterocycles. The maximum Gasteiger partial charge on any atom is 0.335 e. The number of rotatable bonds is 16. The number of aromatic carboxylic acids is 1. The molecule has 0 aliphatic rings. The Morgan fingerprint density at radius 1 is 0.938 bits per heavy atom. The van der Waals surface area contributed by atoms with Gasteiger partial charge < -0.3 is 9.84 Å². The number of hydrogen-bond donors (Lipinski definition) is 1. The minimum atomic E-state index is -0.924. The van der Waals surface area contributed by atoms with Crippen molar-refractivity contribution in [1.82, 2.24) is 9.78 Å². The molecule has 1 aromatic heterocycles. The number of carboxylic acid groups (broad SMARTS) is 1. The van der Waals surface area contributed by atoms with E-state index in [1.807, 2.05) is 10.7 Å². The Morgan fingerprint density at radius 2 is 1.62 bits per heavy atom. The van der Waals surface area contributed by atoms with Gasteiger partial charge in [-0.25, -0.2) is 9.48 Å². The van der Waals surface area contributed by atoms with E-state index < -0.39 is 5.97 Å². The van der Waals surface area contributed by atoms with Crippen molar-refractivity contribution in [2.75, 3.05) is 7.11 Å². The lowest BCUT2D eigenvalue weighted by Crippen LogP contribution is -2.05. The third kappa shape index (κ3) is 8.85. The number of carbonyl (C=O) groups is 2. The number of aromatic nitrogens is 2. The Hall–Kier alpha value is -2.63. The van der Waals surface area contributed by atoms with Crippen molar-refractivity contribution < 1.29 is 19.4 Å². The monoisotopic (exact) mass is 442 g/mol. The first kappa shape index (κ1) is 25.6. The molecule has 1 N–H and O–H groups in total. The Labute approximate surface area is 192 Å². The number of methoxy groups -OCH3 is 1. The highest BCUT2D eigenvalue weighted by Crippen LogP contribution is 2.19. The van der Waals surface area contributed by atoms with Crippen LogP contribution in [0.15, 0.2) is 30.3 Å². The first-order valence-electron chi connectivity index (χ1n) is 12.0. The molecule has 32 heavy (non-hydrogen) atoms. The highest BCUT2D eigenvalue weighted by atomic mass is 16.5. The highest BCUT2D eigenvalue weighted by Gasteiger charge is 2.12. The van der Waals surface area contributed by atoms with Crippen LogP contribution in [0.4, 0.5) is 0 Å². The first-order valence-corrected chi connectivity index (χ1v) is 12.0. The molecule has 0 aliphatic carbocycles. The van der Waals surface area contributed by atoms with Crippen LogP contribution in [0.25, 0.3) is 5.69 Å². The largest absolute Gasteiger partial charge is 0.478 e. The number of hydrogen-bond acceptors (Lipinski definition) is 4. The normalized spacial score (nSPS) is 10.9. The molecule has 0 aliphatic heterocycles. The Bertz CT molecular complexity index is 844. The fourth-order valence-corrected chi connectivity index (χ4v) is 3.89. The molecule has 0 atom stereocenters. The third-order valence-electron chi connectivity index (χ3n) is 5.75. The average Bonchev–Trinajstić information content (AvgIpc) is 3.21. The molecule has 176 valence electrons. The molecule has 1 heterocycles. The maximum absolute atomic E-state index is 11.4. The summed E-state index contributed by atoms with van der Waals surface area (Å²) in [4.78, 5) is 22.5. The summed E-state index contributed by atoms with van der Waals surface area (Å²) in [6, 6.07) is 9.20. The molecule has 0 saturated carbocycles. The minimum absolute atomic E-state index is 0.129. The van der Waals surface area contributed by atoms with Gasteiger partial charge in [-0.05, 0) is 56.4 Å². The van der Waals surface area contributed by atoms with Crippen LogP contribution < -0.4 is 0 Å². The van der Waals surface area contributed by atoms with Crippen LogP contribution in [0, 0.1) is 0 Å². The van der Waals surface area contributed by atoms with Crippen molar-refractivity contribution in [2.45, 2.75) is 90.4 Å². The zero-order valence-corrected chi connectivity index (χ0v) is 19.6. The third-order valence-corrected chi connectivity index (χ3v) is 5.75. The number of ether oxygens (including phenoxy) is 1. The van der Waals surface area contributed by atoms with Crippen LogP contribution >= 0.6 is 0 Å². The molecule has 2 aromatic rings. The molecule has 6 heteroatoms. The van der Waals surface area contributed by atoms with E-state index in [2.05, 4.69) is 17.7 Å². The van der Waals surface area contributed by atoms with Gasteiger partial charge in [0.2, 0.25) is 0 Å². The predicted molar refractivity (Wildman–Crippen MR) is 126 cm³/mol. The van der Waals surface area contributed by atoms with Crippen molar-refractivity contribution in [1.29, 1.82) is 0 Å². The van der Waals surface area contributed by atoms with Crippen LogP contribution in [0.5, 0.6) is 0 Å². The van der Waals surface area contributed by atoms with Gasteiger partial charge in [-0.15, -0.1) is 0 Å². The van der Waals surface area contributed by atoms with Gasteiger partial charge in [-0.1, -0.05) is 57.9 Å². The van der Waals surface area contributed by atoms with Gasteiger partial charge in [0.25, 0.3) is 0 Å². The SMILES string of the molecule is CCCCCCc1cc(CCCCCCCCC(=O)OC)n(-c2cccc(C(=O)O)c2)n1. The Balaban J connectivity index is 1.93. The second-order valence-electron chi connectivity index (χ2n) is 8.40. The summed E-state index contributed by atoms with van der Waals surface area (Å²) >= 11 is 0. The summed E-state index contributed by atoms with van der Waals surface area (Å²) in [5, 5.41) is 14.2. The molecular formula is C26H38N2O4. The van der Waals surface area contributed by atoms with E-state index in [9.17, 15) is 14.7 Å². The second-order valence-corrected chi connectivity index (χ2v) is 8.40. The highest BCUT2D eigenvalue weighted by molar-refractivity contribution is 5.88. The minimum Gasteiger partial charge on any atom is -0.478 e. The van der Waals surface area contributed by atoms with E-state index in [0.717, 1.165) is 74.9 Å². The van der Waals surface area contributed by atoms with Gasteiger partial charge in [0.1, 0.15) is 0 Å². The van der Waals surface area contributed by atoms with Gasteiger partial charge in [0.05, 0.1) is 24.1 Å². The number of benzene rings is 1. The fraction of sp³-hybridized carbons (Fsp3) is 0.577. The summed E-state index contributed by atoms with van der Waals surface area (Å²) in [5.74, 6) is -1.05. The average molecular weight is 443 g/mol. The molecule has 0 radical (unpaired) electrons. The number of esters is 1. The summed E-state index contributed by atoms with van der Waals surface area (Å²) in [5.41, 5.74) is 3.31. The number of unbranched alkanes of at least 4 members (excludes halogenated alkanes) is 8. The first-order chi connectivity index (χ1) is 15.5. The van der Waals surface area contributed by atoms with Crippen LogP contribution in [-0.4, -0.2) is 33.9 Å². The summed E-state index contributed by atoms with van der Waals surface area (Å²) in [7, 11) is 1.43. The van der Waals surface area contributed by atoms with Gasteiger partial charge >= 0.3 is 11.9 Å². The smallest absolute Gasteiger partial charge is 0.335 e. The van der Waals surface area contributed by atoms with E-state index in [1.54, 1.807) is 18.2 Å². The van der Waals surface area contributed by atoms with Gasteiger partial charge in [-0.2, -0.15) is 5.10 Å². The van der Waals surface area contributed by atoms with Gasteiger partial charge in [0.15, 0.2) is 0 Å². The van der Waals surface area contributed by atoms with E-state index >= 15 is 0 Å². The molecule has 0 amide bonds. The van der Waals surface area contributed by atoms with E-state index in [0.29, 0.717) is 6.42 Å². The number of aryl methyl sites for hydroxylation is 2. The lowest BCUT2D eigenvalue weighted by Gasteiger charge is -2.08. The molecule has 0 unspecified atom stereocenters. The Kier molecular flexibility index (Phi) is 11.6. The summed E-state index contributed by atoms with van der Waals surface area (Å²) in [6.07, 6.45) is 13.6. The molecule has 0 spiro atoms. The van der Waals surface area contributed by atoms with Gasteiger partial charge in [0, 0.05) is 12.1 Å². The molecule has 6 nitrogen and oxygen atoms in total. The van der Waals surface area contributed by atoms with Crippen molar-refractivity contribution >= 4 is 11.9 Å². The summed E-state index contributed by atoms with van der Waals surface area (Å²) < 4.78 is 6.60. The molecule has 0 bridgehead atoms. The number of nitrogens with zero attached hydrogens (tertiary/aromatic N) is 2. The van der Waals surface area contributed by atoms with Crippen LogP contribution in [-0.2, 0) is 22.4 Å². The van der Waals surface area contributed by atoms with E-state index in [4.69, 9.17) is 5.10 Å². The standard InChI is InChI=1S/C26H38N2O4/c1-3-4-5-10-15-22-20-24(16-11-8-6-7-9-12-18-25(29)32-2)28(27-22)23-17-13-14-21(19-23)26(30)31/h13-14,17,19-20H,3-12,15-16,18H2,1-2H3,(H,30,31). The lowest BCUT2D eigenvalue weighted by molar-refractivity contribution is -0.140. The van der Waals surface area contributed by atoms with E-state index in [1.165, 1.54) is 26.4 Å². The zero-order valence-electron chi connectivity index (χ0n) is 19.6. The maximum atomic E-state index is 11.4. The van der Waals surface area contributed by atoms with Crippen LogP contribution in [0.2, 0.25) is 0 Å². The van der Waals surface area contributed by atoms with Crippen molar-refractivity contribution in [2.24, 2.45) is 0 Å². The topological polar surface area (TPSA) is 81.4 Å². The predicted octanol–water partition coefficient (Wildman–Crippen LogP) is 6.14. The number of carbonyl (C=O) groups excluding carboxylic acids is 1. The lowest BCUT2D eigenvalue weighted by atomic mass is 10.1. The quantitative estimate of drug-likeness (QED) is 0.249. The fourth-order valence-electron chi connectivity index (χ4n) is 3.89.